The largest absolute Gasteiger partial charge is 1.00 e. The minimum atomic E-state index is -0.113. The fourth-order valence-corrected chi connectivity index (χ4v) is 8.54. The third kappa shape index (κ3) is 13.1. The van der Waals surface area contributed by atoms with Crippen LogP contribution >= 0.6 is 23.1 Å². The highest BCUT2D eigenvalue weighted by atomic mass is 79.9. The number of thioether (sulfide) groups is 1. The van der Waals surface area contributed by atoms with Crippen molar-refractivity contribution >= 4 is 51.0 Å². The molecule has 3 aromatic rings. The zero-order valence-corrected chi connectivity index (χ0v) is 35.3. The van der Waals surface area contributed by atoms with E-state index in [0.717, 1.165) is 30.1 Å². The lowest BCUT2D eigenvalue weighted by Crippen LogP contribution is -3.00. The number of aromatic nitrogens is 1. The maximum absolute atomic E-state index is 12.5. The van der Waals surface area contributed by atoms with E-state index in [2.05, 4.69) is 128 Å². The van der Waals surface area contributed by atoms with Gasteiger partial charge >= 0.3 is 5.97 Å². The summed E-state index contributed by atoms with van der Waals surface area (Å²) in [5.74, 6) is -0.113. The van der Waals surface area contributed by atoms with Gasteiger partial charge in [0.2, 0.25) is 5.52 Å². The number of unbranched alkanes of at least 4 members (excludes halogenated alkanes) is 5. The number of fused-ring (bicyclic) bond motifs is 2. The van der Waals surface area contributed by atoms with Gasteiger partial charge in [-0.15, -0.1) is 0 Å². The number of ether oxygens (including phenoxy) is 1. The Labute approximate surface area is 331 Å². The standard InChI is InChI=1S/C41H57N3O2S2.2BrH/c1-5-9-10-11-15-22-34-46-41(45)30-32-43-36-25-19-21-27-38(36)48-40(43)29-17-14-12-13-16-28-39-42(35-24-18-20-26-37(35)47-39)31-23-33-44(6-2,7-3)8-4;;/h12-14,16-21,24-29H,5-11,15,22-23,30-34H2,1-4H3;2*1H/q+2;;/p-2. The number of benzene rings is 2. The van der Waals surface area contributed by atoms with Crippen LogP contribution in [0.3, 0.4) is 0 Å². The second-order valence-corrected chi connectivity index (χ2v) is 14.6. The van der Waals surface area contributed by atoms with Crippen molar-refractivity contribution < 1.29 is 52.5 Å². The number of anilines is 1. The first-order valence-corrected chi connectivity index (χ1v) is 19.9. The minimum Gasteiger partial charge on any atom is -1.00 e. The maximum Gasteiger partial charge on any atom is 0.307 e. The number of allylic oxidation sites excluding steroid dienone is 6. The summed E-state index contributed by atoms with van der Waals surface area (Å²) in [7, 11) is 0. The number of hydrogen-bond donors (Lipinski definition) is 0. The average molecular weight is 848 g/mol. The molecular formula is C41H57Br2N3O2S2. The first-order valence-electron chi connectivity index (χ1n) is 18.2. The van der Waals surface area contributed by atoms with E-state index in [0.29, 0.717) is 19.6 Å². The van der Waals surface area contributed by atoms with Crippen molar-refractivity contribution in [2.24, 2.45) is 0 Å². The molecule has 5 nitrogen and oxygen atoms in total. The van der Waals surface area contributed by atoms with E-state index in [1.165, 1.54) is 82.9 Å². The summed E-state index contributed by atoms with van der Waals surface area (Å²) < 4.78 is 10.6. The summed E-state index contributed by atoms with van der Waals surface area (Å²) in [6.45, 7) is 16.2. The average Bonchev–Trinajstić information content (AvgIpc) is 3.65. The van der Waals surface area contributed by atoms with E-state index in [4.69, 9.17) is 4.74 Å². The van der Waals surface area contributed by atoms with Crippen LogP contribution in [0.15, 0.2) is 94.9 Å². The monoisotopic (exact) mass is 845 g/mol. The molecule has 1 aliphatic rings. The number of halogens is 2. The van der Waals surface area contributed by atoms with Gasteiger partial charge in [0, 0.05) is 23.6 Å². The molecule has 0 unspecified atom stereocenters. The van der Waals surface area contributed by atoms with Gasteiger partial charge < -0.3 is 48.1 Å². The first-order chi connectivity index (χ1) is 23.5. The maximum atomic E-state index is 12.5. The fourth-order valence-electron chi connectivity index (χ4n) is 6.34. The molecule has 0 bridgehead atoms. The van der Waals surface area contributed by atoms with Crippen LogP contribution in [0.1, 0.15) is 84.1 Å². The molecule has 0 atom stereocenters. The van der Waals surface area contributed by atoms with Crippen molar-refractivity contribution in [3.8, 4) is 0 Å². The number of para-hydroxylation sites is 2. The van der Waals surface area contributed by atoms with Gasteiger partial charge in [0.25, 0.3) is 5.01 Å². The van der Waals surface area contributed by atoms with E-state index in [1.54, 1.807) is 11.8 Å². The van der Waals surface area contributed by atoms with E-state index >= 15 is 0 Å². The van der Waals surface area contributed by atoms with E-state index < -0.39 is 0 Å². The van der Waals surface area contributed by atoms with Crippen LogP contribution in [0.4, 0.5) is 5.69 Å². The number of hydrogen-bond acceptors (Lipinski definition) is 5. The topological polar surface area (TPSA) is 33.4 Å². The molecule has 0 spiro atoms. The molecule has 4 rings (SSSR count). The molecule has 0 saturated carbocycles. The third-order valence-corrected chi connectivity index (χ3v) is 11.8. The Kier molecular flexibility index (Phi) is 21.2. The SMILES string of the molecule is CCCCCCCCOC(=O)CCN1C(=CC=CC=CC=Cc2sc3ccccc3[n+]2CCC[N+](CC)(CC)CC)Sc2ccccc21.[Br-].[Br-]. The van der Waals surface area contributed by atoms with Crippen LogP contribution in [0.2, 0.25) is 0 Å². The second-order valence-electron chi connectivity index (χ2n) is 12.5. The molecule has 0 radical (unpaired) electrons. The zero-order chi connectivity index (χ0) is 34.0. The highest BCUT2D eigenvalue weighted by Gasteiger charge is 2.25. The van der Waals surface area contributed by atoms with E-state index in [-0.39, 0.29) is 39.9 Å². The summed E-state index contributed by atoms with van der Waals surface area (Å²) in [5, 5.41) is 2.42. The highest BCUT2D eigenvalue weighted by Crippen LogP contribution is 2.45. The number of rotatable bonds is 21. The number of carbonyl (C=O) groups is 1. The predicted octanol–water partition coefficient (Wildman–Crippen LogP) is 4.34. The van der Waals surface area contributed by atoms with Gasteiger partial charge in [-0.25, -0.2) is 0 Å². The van der Waals surface area contributed by atoms with Crippen LogP contribution in [0.25, 0.3) is 16.3 Å². The van der Waals surface area contributed by atoms with Crippen LogP contribution in [0.5, 0.6) is 0 Å². The summed E-state index contributed by atoms with van der Waals surface area (Å²) in [4.78, 5) is 16.0. The van der Waals surface area contributed by atoms with Crippen molar-refractivity contribution in [2.45, 2.75) is 90.5 Å². The number of thiazole rings is 1. The van der Waals surface area contributed by atoms with Crippen LogP contribution in [-0.4, -0.2) is 49.8 Å². The molecule has 274 valence electrons. The van der Waals surface area contributed by atoms with Crippen LogP contribution < -0.4 is 43.4 Å². The summed E-state index contributed by atoms with van der Waals surface area (Å²) in [5.41, 5.74) is 2.48. The smallest absolute Gasteiger partial charge is 0.307 e. The lowest BCUT2D eigenvalue weighted by molar-refractivity contribution is -0.925. The number of nitrogens with zero attached hydrogens (tertiary/aromatic N) is 3. The molecule has 0 saturated heterocycles. The zero-order valence-electron chi connectivity index (χ0n) is 30.5. The number of esters is 1. The van der Waals surface area contributed by atoms with Crippen molar-refractivity contribution in [1.82, 2.24) is 0 Å². The molecular weight excluding hydrogens is 790 g/mol. The van der Waals surface area contributed by atoms with Crippen molar-refractivity contribution in [3.63, 3.8) is 0 Å². The Morgan fingerprint density at radius 2 is 1.50 bits per heavy atom. The summed E-state index contributed by atoms with van der Waals surface area (Å²) in [6, 6.07) is 17.2. The van der Waals surface area contributed by atoms with Gasteiger partial charge in [-0.2, -0.15) is 4.57 Å². The lowest BCUT2D eigenvalue weighted by Gasteiger charge is -2.35. The van der Waals surface area contributed by atoms with Gasteiger partial charge in [-0.1, -0.05) is 117 Å². The molecule has 1 aromatic heterocycles. The molecule has 0 amide bonds. The molecule has 0 fully saturated rings. The quantitative estimate of drug-likeness (QED) is 0.0526. The highest BCUT2D eigenvalue weighted by molar-refractivity contribution is 8.03. The molecule has 2 heterocycles. The Balaban J connectivity index is 0.00000433. The number of aryl methyl sites for hydroxylation is 1. The Morgan fingerprint density at radius 3 is 2.28 bits per heavy atom. The molecule has 1 aliphatic heterocycles. The number of quaternary nitrogens is 1. The normalized spacial score (nSPS) is 13.8. The molecule has 0 aliphatic carbocycles. The number of carbonyl (C=O) groups excluding carboxylic acids is 1. The van der Waals surface area contributed by atoms with E-state index in [1.807, 2.05) is 11.3 Å². The first kappa shape index (κ1) is 44.0. The molecule has 2 aromatic carbocycles. The molecule has 0 N–H and O–H groups in total. The molecule has 9 heteroatoms. The molecule has 50 heavy (non-hydrogen) atoms. The lowest BCUT2D eigenvalue weighted by atomic mass is 10.1. The predicted molar refractivity (Wildman–Crippen MR) is 207 cm³/mol. The van der Waals surface area contributed by atoms with Gasteiger partial charge in [0.05, 0.1) is 56.3 Å². The van der Waals surface area contributed by atoms with Gasteiger partial charge in [-0.05, 0) is 51.5 Å². The van der Waals surface area contributed by atoms with E-state index in [9.17, 15) is 4.79 Å². The Bertz CT molecular complexity index is 1550. The summed E-state index contributed by atoms with van der Waals surface area (Å²) >= 11 is 3.61. The summed E-state index contributed by atoms with van der Waals surface area (Å²) in [6.07, 6.45) is 23.6. The van der Waals surface area contributed by atoms with Gasteiger partial charge in [0.1, 0.15) is 4.70 Å². The van der Waals surface area contributed by atoms with Crippen molar-refractivity contribution in [1.29, 1.82) is 0 Å². The van der Waals surface area contributed by atoms with Crippen molar-refractivity contribution in [3.05, 3.63) is 95.0 Å². The van der Waals surface area contributed by atoms with Crippen LogP contribution in [0, 0.1) is 0 Å². The minimum absolute atomic E-state index is 0. The van der Waals surface area contributed by atoms with Crippen LogP contribution in [-0.2, 0) is 16.1 Å². The van der Waals surface area contributed by atoms with Gasteiger partial charge in [-0.3, -0.25) is 4.79 Å². The van der Waals surface area contributed by atoms with Gasteiger partial charge in [0.15, 0.2) is 6.54 Å². The van der Waals surface area contributed by atoms with Crippen molar-refractivity contribution in [2.75, 3.05) is 44.2 Å². The Morgan fingerprint density at radius 1 is 0.820 bits per heavy atom. The second kappa shape index (κ2) is 24.1. The third-order valence-electron chi connectivity index (χ3n) is 9.52. The fraction of sp³-hybridized carbons (Fsp3) is 0.463. The Hall–Kier alpha value is -2.17.